The molecule has 0 heterocycles. The molecular weight excluding hydrogens is 344 g/mol. The van der Waals surface area contributed by atoms with Crippen molar-refractivity contribution in [1.82, 2.24) is 0 Å². The normalized spacial score (nSPS) is 11.5. The highest BCUT2D eigenvalue weighted by molar-refractivity contribution is 5.63. The highest BCUT2D eigenvalue weighted by Gasteiger charge is 1.94. The Morgan fingerprint density at radius 2 is 0.857 bits per heavy atom. The number of carboxylic acids is 1. The van der Waals surface area contributed by atoms with Crippen molar-refractivity contribution < 1.29 is 9.90 Å². The minimum atomic E-state index is -0.911. The number of hydrogen-bond donors (Lipinski definition) is 0. The summed E-state index contributed by atoms with van der Waals surface area (Å²) in [5, 5.41) is 10.3. The molecule has 0 amide bonds. The summed E-state index contributed by atoms with van der Waals surface area (Å²) in [5.41, 5.74) is 0. The average molecular weight is 394 g/mol. The van der Waals surface area contributed by atoms with Crippen LogP contribution in [0.15, 0.2) is 12.2 Å². The molecule has 0 fully saturated rings. The van der Waals surface area contributed by atoms with Gasteiger partial charge in [-0.1, -0.05) is 122 Å². The van der Waals surface area contributed by atoms with E-state index >= 15 is 0 Å². The molecule has 0 aromatic carbocycles. The summed E-state index contributed by atoms with van der Waals surface area (Å²) in [6, 6.07) is 0. The third kappa shape index (κ3) is 25.2. The molecule has 28 heavy (non-hydrogen) atoms. The van der Waals surface area contributed by atoms with Crippen LogP contribution in [0, 0.1) is 0 Å². The predicted molar refractivity (Wildman–Crippen MR) is 121 cm³/mol. The van der Waals surface area contributed by atoms with Gasteiger partial charge in [-0.05, 0) is 38.5 Å². The van der Waals surface area contributed by atoms with Gasteiger partial charge in [0.1, 0.15) is 0 Å². The van der Waals surface area contributed by atoms with Crippen LogP contribution in [0.1, 0.15) is 148 Å². The number of unbranched alkanes of at least 4 members (excludes halogenated alkanes) is 19. The van der Waals surface area contributed by atoms with Crippen LogP contribution in [0.4, 0.5) is 0 Å². The number of aliphatic carboxylic acids is 1. The number of hydrogen-bond acceptors (Lipinski definition) is 2. The molecule has 0 radical (unpaired) electrons. The van der Waals surface area contributed by atoms with Crippen LogP contribution in [-0.4, -0.2) is 5.97 Å². The van der Waals surface area contributed by atoms with E-state index in [0.717, 1.165) is 19.3 Å². The van der Waals surface area contributed by atoms with Gasteiger partial charge in [-0.2, -0.15) is 0 Å². The zero-order chi connectivity index (χ0) is 20.5. The van der Waals surface area contributed by atoms with E-state index in [1.165, 1.54) is 116 Å². The van der Waals surface area contributed by atoms with Gasteiger partial charge in [-0.15, -0.1) is 0 Å². The summed E-state index contributed by atoms with van der Waals surface area (Å²) in [7, 11) is 0. The molecule has 0 saturated carbocycles. The van der Waals surface area contributed by atoms with Crippen molar-refractivity contribution in [3.63, 3.8) is 0 Å². The first-order valence-electron chi connectivity index (χ1n) is 12.6. The number of carboxylic acid groups (broad SMARTS) is 1. The van der Waals surface area contributed by atoms with Crippen LogP contribution in [0.5, 0.6) is 0 Å². The van der Waals surface area contributed by atoms with Gasteiger partial charge in [0.05, 0.1) is 0 Å². The zero-order valence-corrected chi connectivity index (χ0v) is 19.0. The average Bonchev–Trinajstić information content (AvgIpc) is 2.68. The van der Waals surface area contributed by atoms with E-state index in [-0.39, 0.29) is 6.42 Å². The van der Waals surface area contributed by atoms with Gasteiger partial charge < -0.3 is 9.90 Å². The number of allylic oxidation sites excluding steroid dienone is 2. The molecule has 0 bridgehead atoms. The Bertz CT molecular complexity index is 335. The highest BCUT2D eigenvalue weighted by atomic mass is 16.4. The summed E-state index contributed by atoms with van der Waals surface area (Å²) in [6.07, 6.45) is 32.7. The van der Waals surface area contributed by atoms with Gasteiger partial charge in [0.2, 0.25) is 0 Å². The zero-order valence-electron chi connectivity index (χ0n) is 19.0. The topological polar surface area (TPSA) is 40.1 Å². The molecule has 2 nitrogen and oxygen atoms in total. The van der Waals surface area contributed by atoms with Crippen molar-refractivity contribution in [2.24, 2.45) is 0 Å². The van der Waals surface area contributed by atoms with Crippen molar-refractivity contribution in [1.29, 1.82) is 0 Å². The van der Waals surface area contributed by atoms with Crippen molar-refractivity contribution >= 4 is 5.97 Å². The lowest BCUT2D eigenvalue weighted by Crippen LogP contribution is -2.21. The van der Waals surface area contributed by atoms with Gasteiger partial charge in [-0.25, -0.2) is 0 Å². The maximum absolute atomic E-state index is 10.3. The first kappa shape index (κ1) is 27.2. The van der Waals surface area contributed by atoms with Gasteiger partial charge in [0, 0.05) is 5.97 Å². The molecule has 0 aliphatic rings. The third-order valence-corrected chi connectivity index (χ3v) is 5.64. The Labute approximate surface area is 176 Å². The second-order valence-corrected chi connectivity index (χ2v) is 8.53. The molecule has 0 saturated heterocycles. The molecule has 0 aliphatic heterocycles. The third-order valence-electron chi connectivity index (χ3n) is 5.64. The van der Waals surface area contributed by atoms with Crippen LogP contribution in [0.25, 0.3) is 0 Å². The Hall–Kier alpha value is -0.790. The van der Waals surface area contributed by atoms with Crippen molar-refractivity contribution in [2.45, 2.75) is 148 Å². The van der Waals surface area contributed by atoms with E-state index in [1.807, 2.05) is 0 Å². The van der Waals surface area contributed by atoms with Gasteiger partial charge in [0.25, 0.3) is 0 Å². The summed E-state index contributed by atoms with van der Waals surface area (Å²) in [4.78, 5) is 10.3. The SMILES string of the molecule is CCCCCCCCCCCCCCCC/C=C\CCCCCCCC(=O)[O-]. The molecule has 0 spiro atoms. The van der Waals surface area contributed by atoms with E-state index in [2.05, 4.69) is 19.1 Å². The van der Waals surface area contributed by atoms with Gasteiger partial charge >= 0.3 is 0 Å². The minimum absolute atomic E-state index is 0.221. The van der Waals surface area contributed by atoms with E-state index in [9.17, 15) is 9.90 Å². The molecule has 0 aromatic heterocycles. The fourth-order valence-electron chi connectivity index (χ4n) is 3.75. The predicted octanol–water partition coefficient (Wildman–Crippen LogP) is 7.89. The van der Waals surface area contributed by atoms with E-state index in [4.69, 9.17) is 0 Å². The van der Waals surface area contributed by atoms with Crippen molar-refractivity contribution in [3.05, 3.63) is 12.2 Å². The summed E-state index contributed by atoms with van der Waals surface area (Å²) in [6.45, 7) is 2.29. The van der Waals surface area contributed by atoms with Crippen LogP contribution < -0.4 is 5.11 Å². The second kappa shape index (κ2) is 24.2. The Kier molecular flexibility index (Phi) is 23.6. The summed E-state index contributed by atoms with van der Waals surface area (Å²) >= 11 is 0. The fourth-order valence-corrected chi connectivity index (χ4v) is 3.75. The maximum Gasteiger partial charge on any atom is 0.0414 e. The van der Waals surface area contributed by atoms with E-state index in [0.29, 0.717) is 0 Å². The van der Waals surface area contributed by atoms with Gasteiger partial charge in [-0.3, -0.25) is 0 Å². The first-order valence-corrected chi connectivity index (χ1v) is 12.6. The molecule has 0 rings (SSSR count). The summed E-state index contributed by atoms with van der Waals surface area (Å²) in [5.74, 6) is -0.911. The monoisotopic (exact) mass is 393 g/mol. The molecular formula is C26H49O2-. The quantitative estimate of drug-likeness (QED) is 0.131. The molecule has 0 N–H and O–H groups in total. The van der Waals surface area contributed by atoms with E-state index < -0.39 is 5.97 Å². The molecule has 0 atom stereocenters. The lowest BCUT2D eigenvalue weighted by atomic mass is 10.0. The van der Waals surface area contributed by atoms with Crippen LogP contribution in [-0.2, 0) is 4.79 Å². The summed E-state index contributed by atoms with van der Waals surface area (Å²) < 4.78 is 0. The molecule has 2 heteroatoms. The Morgan fingerprint density at radius 3 is 1.21 bits per heavy atom. The lowest BCUT2D eigenvalue weighted by Gasteiger charge is -2.03. The van der Waals surface area contributed by atoms with Crippen LogP contribution in [0.2, 0.25) is 0 Å². The molecule has 166 valence electrons. The standard InChI is InChI=1S/C26H50O2/c1-2-3-4-5-6-7-8-9-10-11-12-13-14-15-16-17-18-19-20-21-22-23-24-25-26(27)28/h17-18H,2-16,19-25H2,1H3,(H,27,28)/p-1/b18-17-. The largest absolute Gasteiger partial charge is 0.550 e. The lowest BCUT2D eigenvalue weighted by molar-refractivity contribution is -0.305. The maximum atomic E-state index is 10.3. The van der Waals surface area contributed by atoms with E-state index in [1.54, 1.807) is 0 Å². The molecule has 0 unspecified atom stereocenters. The van der Waals surface area contributed by atoms with Crippen LogP contribution in [0.3, 0.4) is 0 Å². The fraction of sp³-hybridized carbons (Fsp3) is 0.885. The number of carbonyl (C=O) groups excluding carboxylic acids is 1. The highest BCUT2D eigenvalue weighted by Crippen LogP contribution is 2.13. The Morgan fingerprint density at radius 1 is 0.536 bits per heavy atom. The van der Waals surface area contributed by atoms with Crippen molar-refractivity contribution in [2.75, 3.05) is 0 Å². The minimum Gasteiger partial charge on any atom is -0.550 e. The number of rotatable bonds is 23. The molecule has 0 aromatic rings. The van der Waals surface area contributed by atoms with Crippen LogP contribution >= 0.6 is 0 Å². The smallest absolute Gasteiger partial charge is 0.0414 e. The van der Waals surface area contributed by atoms with Gasteiger partial charge in [0.15, 0.2) is 0 Å². The van der Waals surface area contributed by atoms with Crippen molar-refractivity contribution in [3.8, 4) is 0 Å². The molecule has 0 aliphatic carbocycles. The Balaban J connectivity index is 3.07. The number of carbonyl (C=O) groups is 1. The first-order chi connectivity index (χ1) is 13.8. The second-order valence-electron chi connectivity index (χ2n) is 8.53.